The minimum atomic E-state index is -4.36. The van der Waals surface area contributed by atoms with E-state index in [1.54, 1.807) is 0 Å². The summed E-state index contributed by atoms with van der Waals surface area (Å²) in [5.41, 5.74) is 5.79. The summed E-state index contributed by atoms with van der Waals surface area (Å²) in [4.78, 5) is -0.147. The molecule has 0 aliphatic carbocycles. The van der Waals surface area contributed by atoms with Gasteiger partial charge in [-0.15, -0.1) is 0 Å². The summed E-state index contributed by atoms with van der Waals surface area (Å²) in [6.45, 7) is 0. The van der Waals surface area contributed by atoms with Crippen molar-refractivity contribution < 1.29 is 26.3 Å². The van der Waals surface area contributed by atoms with E-state index in [-0.39, 0.29) is 10.6 Å². The van der Waals surface area contributed by atoms with Crippen LogP contribution < -0.4 is 10.5 Å². The third-order valence-corrected chi connectivity index (χ3v) is 4.23. The maximum absolute atomic E-state index is 12.0. The highest BCUT2D eigenvalue weighted by Crippen LogP contribution is 2.28. The van der Waals surface area contributed by atoms with Crippen molar-refractivity contribution in [2.45, 2.75) is 23.9 Å². The van der Waals surface area contributed by atoms with Gasteiger partial charge in [0.05, 0.1) is 12.9 Å². The highest BCUT2D eigenvalue weighted by Gasteiger charge is 2.28. The Bertz CT molecular complexity index is 541. The van der Waals surface area contributed by atoms with Crippen LogP contribution in [0.3, 0.4) is 0 Å². The Labute approximate surface area is 109 Å². The van der Waals surface area contributed by atoms with Gasteiger partial charge < -0.3 is 10.5 Å². The van der Waals surface area contributed by atoms with Gasteiger partial charge in [-0.3, -0.25) is 0 Å². The second-order valence-corrected chi connectivity index (χ2v) is 6.03. The molecule has 0 heterocycles. The largest absolute Gasteiger partial charge is 0.495 e. The topological polar surface area (TPSA) is 69.4 Å². The highest BCUT2D eigenvalue weighted by molar-refractivity contribution is 7.91. The number of benzene rings is 1. The number of hydrogen-bond donors (Lipinski definition) is 1. The van der Waals surface area contributed by atoms with E-state index >= 15 is 0 Å². The minimum Gasteiger partial charge on any atom is -0.495 e. The standard InChI is InChI=1S/C11H14F3NO3S/c1-18-9-7-8(15)3-4-10(9)19(16,17)6-2-5-11(12,13)14/h3-4,7H,2,5-6,15H2,1H3. The van der Waals surface area contributed by atoms with Crippen LogP contribution in [-0.4, -0.2) is 27.5 Å². The van der Waals surface area contributed by atoms with Crippen LogP contribution >= 0.6 is 0 Å². The van der Waals surface area contributed by atoms with Crippen LogP contribution in [0.2, 0.25) is 0 Å². The number of nitrogen functional groups attached to an aromatic ring is 1. The smallest absolute Gasteiger partial charge is 0.389 e. The maximum atomic E-state index is 12.0. The van der Waals surface area contributed by atoms with Gasteiger partial charge >= 0.3 is 6.18 Å². The van der Waals surface area contributed by atoms with E-state index in [0.717, 1.165) is 0 Å². The Morgan fingerprint density at radius 1 is 1.32 bits per heavy atom. The number of anilines is 1. The van der Waals surface area contributed by atoms with Crippen molar-refractivity contribution >= 4 is 15.5 Å². The molecule has 0 spiro atoms. The molecule has 1 rings (SSSR count). The summed E-state index contributed by atoms with van der Waals surface area (Å²) in [5.74, 6) is -0.556. The lowest BCUT2D eigenvalue weighted by atomic mass is 10.3. The van der Waals surface area contributed by atoms with E-state index in [4.69, 9.17) is 10.5 Å². The van der Waals surface area contributed by atoms with E-state index < -0.39 is 34.6 Å². The van der Waals surface area contributed by atoms with Crippen molar-refractivity contribution in [3.05, 3.63) is 18.2 Å². The molecular weight excluding hydrogens is 283 g/mol. The van der Waals surface area contributed by atoms with Gasteiger partial charge in [0, 0.05) is 18.2 Å². The monoisotopic (exact) mass is 297 g/mol. The highest BCUT2D eigenvalue weighted by atomic mass is 32.2. The molecular formula is C11H14F3NO3S. The molecule has 0 amide bonds. The SMILES string of the molecule is COc1cc(N)ccc1S(=O)(=O)CCCC(F)(F)F. The Morgan fingerprint density at radius 3 is 2.47 bits per heavy atom. The molecule has 0 aliphatic rings. The molecule has 0 aromatic heterocycles. The Balaban J connectivity index is 2.89. The van der Waals surface area contributed by atoms with Gasteiger partial charge in [0.25, 0.3) is 0 Å². The van der Waals surface area contributed by atoms with Gasteiger partial charge in [0.1, 0.15) is 10.6 Å². The molecule has 1 aromatic carbocycles. The summed E-state index contributed by atoms with van der Waals surface area (Å²) < 4.78 is 64.7. The quantitative estimate of drug-likeness (QED) is 0.847. The van der Waals surface area contributed by atoms with Crippen molar-refractivity contribution in [2.75, 3.05) is 18.6 Å². The number of ether oxygens (including phenoxy) is 1. The minimum absolute atomic E-state index is 0.0343. The summed E-state index contributed by atoms with van der Waals surface area (Å²) in [6, 6.07) is 3.91. The van der Waals surface area contributed by atoms with Crippen LogP contribution in [0, 0.1) is 0 Å². The number of methoxy groups -OCH3 is 1. The first-order valence-corrected chi connectivity index (χ1v) is 7.04. The molecule has 8 heteroatoms. The van der Waals surface area contributed by atoms with Crippen LogP contribution in [0.1, 0.15) is 12.8 Å². The zero-order valence-corrected chi connectivity index (χ0v) is 11.0. The van der Waals surface area contributed by atoms with Gasteiger partial charge in [-0.1, -0.05) is 0 Å². The second-order valence-electron chi connectivity index (χ2n) is 3.95. The molecule has 4 nitrogen and oxygen atoms in total. The third-order valence-electron chi connectivity index (χ3n) is 2.40. The molecule has 0 atom stereocenters. The fourth-order valence-corrected chi connectivity index (χ4v) is 2.98. The van der Waals surface area contributed by atoms with Crippen molar-refractivity contribution in [3.8, 4) is 5.75 Å². The predicted octanol–water partition coefficient (Wildman–Crippen LogP) is 2.39. The lowest BCUT2D eigenvalue weighted by Crippen LogP contribution is -2.13. The predicted molar refractivity (Wildman–Crippen MR) is 64.7 cm³/mol. The number of alkyl halides is 3. The van der Waals surface area contributed by atoms with Crippen LogP contribution in [-0.2, 0) is 9.84 Å². The molecule has 0 radical (unpaired) electrons. The molecule has 0 bridgehead atoms. The van der Waals surface area contributed by atoms with E-state index in [1.165, 1.54) is 25.3 Å². The molecule has 108 valence electrons. The number of nitrogens with two attached hydrogens (primary N) is 1. The van der Waals surface area contributed by atoms with Crippen molar-refractivity contribution in [1.82, 2.24) is 0 Å². The Morgan fingerprint density at radius 2 is 1.95 bits per heavy atom. The fraction of sp³-hybridized carbons (Fsp3) is 0.455. The van der Waals surface area contributed by atoms with Crippen molar-refractivity contribution in [3.63, 3.8) is 0 Å². The van der Waals surface area contributed by atoms with E-state index in [2.05, 4.69) is 0 Å². The van der Waals surface area contributed by atoms with Crippen LogP contribution in [0.25, 0.3) is 0 Å². The van der Waals surface area contributed by atoms with Gasteiger partial charge in [-0.25, -0.2) is 8.42 Å². The molecule has 1 aromatic rings. The first-order valence-electron chi connectivity index (χ1n) is 5.39. The molecule has 0 saturated heterocycles. The summed E-state index contributed by atoms with van der Waals surface area (Å²) in [7, 11) is -2.56. The average molecular weight is 297 g/mol. The molecule has 0 unspecified atom stereocenters. The first-order chi connectivity index (χ1) is 8.65. The second kappa shape index (κ2) is 5.68. The molecule has 0 saturated carbocycles. The van der Waals surface area contributed by atoms with Crippen molar-refractivity contribution in [1.29, 1.82) is 0 Å². The van der Waals surface area contributed by atoms with Crippen LogP contribution in [0.5, 0.6) is 5.75 Å². The van der Waals surface area contributed by atoms with Crippen LogP contribution in [0.15, 0.2) is 23.1 Å². The van der Waals surface area contributed by atoms with Crippen LogP contribution in [0.4, 0.5) is 18.9 Å². The first kappa shape index (κ1) is 15.6. The fourth-order valence-electron chi connectivity index (χ4n) is 1.51. The number of hydrogen-bond acceptors (Lipinski definition) is 4. The van der Waals surface area contributed by atoms with E-state index in [1.807, 2.05) is 0 Å². The molecule has 0 aliphatic heterocycles. The van der Waals surface area contributed by atoms with E-state index in [0.29, 0.717) is 5.69 Å². The molecule has 0 fully saturated rings. The zero-order valence-electron chi connectivity index (χ0n) is 10.2. The van der Waals surface area contributed by atoms with Gasteiger partial charge in [0.2, 0.25) is 0 Å². The number of sulfone groups is 1. The van der Waals surface area contributed by atoms with Gasteiger partial charge in [-0.05, 0) is 18.6 Å². The van der Waals surface area contributed by atoms with Crippen molar-refractivity contribution in [2.24, 2.45) is 0 Å². The summed E-state index contributed by atoms with van der Waals surface area (Å²) >= 11 is 0. The zero-order chi connectivity index (χ0) is 14.7. The lowest BCUT2D eigenvalue weighted by molar-refractivity contribution is -0.134. The lowest BCUT2D eigenvalue weighted by Gasteiger charge is -2.11. The summed E-state index contributed by atoms with van der Waals surface area (Å²) in [5, 5.41) is 0. The Kier molecular flexibility index (Phi) is 4.67. The number of rotatable bonds is 5. The molecule has 2 N–H and O–H groups in total. The maximum Gasteiger partial charge on any atom is 0.389 e. The van der Waals surface area contributed by atoms with Gasteiger partial charge in [-0.2, -0.15) is 13.2 Å². The molecule has 19 heavy (non-hydrogen) atoms. The summed E-state index contributed by atoms with van der Waals surface area (Å²) in [6.07, 6.45) is -5.98. The van der Waals surface area contributed by atoms with Gasteiger partial charge in [0.15, 0.2) is 9.84 Å². The normalized spacial score (nSPS) is 12.4. The Hall–Kier alpha value is -1.44. The third kappa shape index (κ3) is 4.62. The average Bonchev–Trinajstić information content (AvgIpc) is 2.26. The van der Waals surface area contributed by atoms with E-state index in [9.17, 15) is 21.6 Å². The number of halogens is 3.